The van der Waals surface area contributed by atoms with Gasteiger partial charge in [0, 0.05) is 23.7 Å². The van der Waals surface area contributed by atoms with Crippen LogP contribution in [0.15, 0.2) is 30.3 Å². The number of amides is 2. The highest BCUT2D eigenvalue weighted by molar-refractivity contribution is 5.97. The fourth-order valence-electron chi connectivity index (χ4n) is 3.16. The van der Waals surface area contributed by atoms with Crippen molar-refractivity contribution in [3.05, 3.63) is 58.4 Å². The summed E-state index contributed by atoms with van der Waals surface area (Å²) in [4.78, 5) is 24.9. The minimum Gasteiger partial charge on any atom is -0.392 e. The van der Waals surface area contributed by atoms with Gasteiger partial charge in [0.25, 0.3) is 11.8 Å². The number of hydrogen-bond donors (Lipinski definition) is 3. The molecule has 1 saturated carbocycles. The van der Waals surface area contributed by atoms with E-state index < -0.39 is 5.82 Å². The number of halogens is 1. The molecule has 2 amide bonds. The standard InChI is InChI=1S/C24H29FN2O3/c1-14-20(10-16(11-21(14)25)23(30)27-18-6-7-18)19-8-5-15(9-17(19)12-28)22(29)26-13-24(2,3)4/h5,8-11,18,28H,6-7,12-13H2,1-4H3,(H,26,29)(H,27,30). The Hall–Kier alpha value is -2.73. The van der Waals surface area contributed by atoms with Crippen LogP contribution >= 0.6 is 0 Å². The van der Waals surface area contributed by atoms with Gasteiger partial charge < -0.3 is 15.7 Å². The van der Waals surface area contributed by atoms with Crippen LogP contribution in [0.3, 0.4) is 0 Å². The minimum absolute atomic E-state index is 0.0501. The highest BCUT2D eigenvalue weighted by Crippen LogP contribution is 2.31. The first-order valence-electron chi connectivity index (χ1n) is 10.2. The second-order valence-corrected chi connectivity index (χ2v) is 9.15. The van der Waals surface area contributed by atoms with Crippen LogP contribution < -0.4 is 10.6 Å². The zero-order valence-corrected chi connectivity index (χ0v) is 17.9. The van der Waals surface area contributed by atoms with Crippen molar-refractivity contribution in [2.24, 2.45) is 5.41 Å². The van der Waals surface area contributed by atoms with Crippen molar-refractivity contribution in [3.8, 4) is 11.1 Å². The van der Waals surface area contributed by atoms with Gasteiger partial charge in [0.1, 0.15) is 5.82 Å². The van der Waals surface area contributed by atoms with Crippen LogP contribution in [0, 0.1) is 18.2 Å². The smallest absolute Gasteiger partial charge is 0.251 e. The maximum absolute atomic E-state index is 14.6. The normalized spacial score (nSPS) is 13.8. The number of carbonyl (C=O) groups excluding carboxylic acids is 2. The van der Waals surface area contributed by atoms with Gasteiger partial charge in [0.15, 0.2) is 0 Å². The highest BCUT2D eigenvalue weighted by atomic mass is 19.1. The third kappa shape index (κ3) is 5.25. The van der Waals surface area contributed by atoms with E-state index in [0.717, 1.165) is 12.8 Å². The van der Waals surface area contributed by atoms with E-state index in [1.54, 1.807) is 31.2 Å². The first-order chi connectivity index (χ1) is 14.1. The molecule has 3 N–H and O–H groups in total. The molecule has 1 aliphatic carbocycles. The van der Waals surface area contributed by atoms with Crippen LogP contribution in [0.5, 0.6) is 0 Å². The summed E-state index contributed by atoms with van der Waals surface area (Å²) in [7, 11) is 0. The van der Waals surface area contributed by atoms with Gasteiger partial charge in [0.05, 0.1) is 6.61 Å². The molecule has 0 atom stereocenters. The zero-order valence-electron chi connectivity index (χ0n) is 17.9. The molecule has 1 aliphatic rings. The molecule has 160 valence electrons. The van der Waals surface area contributed by atoms with Crippen LogP contribution in [0.25, 0.3) is 11.1 Å². The fourth-order valence-corrected chi connectivity index (χ4v) is 3.16. The number of rotatable bonds is 6. The van der Waals surface area contributed by atoms with Gasteiger partial charge >= 0.3 is 0 Å². The lowest BCUT2D eigenvalue weighted by atomic mass is 9.92. The lowest BCUT2D eigenvalue weighted by molar-refractivity contribution is 0.0935. The molecule has 5 nitrogen and oxygen atoms in total. The molecular formula is C24H29FN2O3. The monoisotopic (exact) mass is 412 g/mol. The molecule has 0 unspecified atom stereocenters. The summed E-state index contributed by atoms with van der Waals surface area (Å²) in [6.07, 6.45) is 1.89. The largest absolute Gasteiger partial charge is 0.392 e. The molecule has 1 fully saturated rings. The topological polar surface area (TPSA) is 78.4 Å². The third-order valence-electron chi connectivity index (χ3n) is 5.13. The third-order valence-corrected chi connectivity index (χ3v) is 5.13. The second-order valence-electron chi connectivity index (χ2n) is 9.15. The van der Waals surface area contributed by atoms with Gasteiger partial charge in [-0.05, 0) is 71.7 Å². The summed E-state index contributed by atoms with van der Waals surface area (Å²) in [5.74, 6) is -1.02. The van der Waals surface area contributed by atoms with Crippen LogP contribution in [-0.4, -0.2) is 29.5 Å². The average Bonchev–Trinajstić information content (AvgIpc) is 3.51. The van der Waals surface area contributed by atoms with Crippen molar-refractivity contribution in [1.82, 2.24) is 10.6 Å². The molecule has 0 bridgehead atoms. The summed E-state index contributed by atoms with van der Waals surface area (Å²) < 4.78 is 14.6. The van der Waals surface area contributed by atoms with Crippen molar-refractivity contribution in [2.45, 2.75) is 53.2 Å². The quantitative estimate of drug-likeness (QED) is 0.672. The SMILES string of the molecule is Cc1c(F)cc(C(=O)NC2CC2)cc1-c1ccc(C(=O)NCC(C)(C)C)cc1CO. The average molecular weight is 413 g/mol. The molecule has 0 aliphatic heterocycles. The molecule has 0 aromatic heterocycles. The highest BCUT2D eigenvalue weighted by Gasteiger charge is 2.25. The van der Waals surface area contributed by atoms with E-state index in [-0.39, 0.29) is 35.4 Å². The van der Waals surface area contributed by atoms with Crippen molar-refractivity contribution in [3.63, 3.8) is 0 Å². The van der Waals surface area contributed by atoms with Gasteiger partial charge in [-0.25, -0.2) is 4.39 Å². The Morgan fingerprint density at radius 2 is 1.77 bits per heavy atom. The van der Waals surface area contributed by atoms with E-state index in [1.165, 1.54) is 6.07 Å². The molecule has 0 heterocycles. The van der Waals surface area contributed by atoms with Crippen molar-refractivity contribution in [1.29, 1.82) is 0 Å². The van der Waals surface area contributed by atoms with Crippen LogP contribution in [-0.2, 0) is 6.61 Å². The number of nitrogens with one attached hydrogen (secondary N) is 2. The van der Waals surface area contributed by atoms with Crippen molar-refractivity contribution in [2.75, 3.05) is 6.54 Å². The molecule has 2 aromatic rings. The van der Waals surface area contributed by atoms with Crippen LogP contribution in [0.1, 0.15) is 65.5 Å². The molecule has 0 spiro atoms. The molecule has 3 rings (SSSR count). The van der Waals surface area contributed by atoms with Crippen LogP contribution in [0.4, 0.5) is 4.39 Å². The molecule has 6 heteroatoms. The molecule has 0 saturated heterocycles. The molecule has 30 heavy (non-hydrogen) atoms. The zero-order chi connectivity index (χ0) is 22.1. The van der Waals surface area contributed by atoms with Crippen molar-refractivity contribution < 1.29 is 19.1 Å². The number of carbonyl (C=O) groups is 2. The first-order valence-corrected chi connectivity index (χ1v) is 10.2. The number of hydrogen-bond acceptors (Lipinski definition) is 3. The van der Waals surface area contributed by atoms with Gasteiger partial charge in [-0.1, -0.05) is 26.8 Å². The van der Waals surface area contributed by atoms with Gasteiger partial charge in [-0.15, -0.1) is 0 Å². The van der Waals surface area contributed by atoms with E-state index in [4.69, 9.17) is 0 Å². The Balaban J connectivity index is 1.93. The predicted molar refractivity (Wildman–Crippen MR) is 115 cm³/mol. The second kappa shape index (κ2) is 8.56. The summed E-state index contributed by atoms with van der Waals surface area (Å²) in [5, 5.41) is 15.7. The number of benzene rings is 2. The number of aliphatic hydroxyl groups excluding tert-OH is 1. The van der Waals surface area contributed by atoms with E-state index in [0.29, 0.717) is 34.4 Å². The van der Waals surface area contributed by atoms with Gasteiger partial charge in [-0.3, -0.25) is 9.59 Å². The summed E-state index contributed by atoms with van der Waals surface area (Å²) in [6, 6.07) is 8.02. The Morgan fingerprint density at radius 3 is 2.37 bits per heavy atom. The maximum atomic E-state index is 14.6. The fraction of sp³-hybridized carbons (Fsp3) is 0.417. The Kier molecular flexibility index (Phi) is 6.27. The Morgan fingerprint density at radius 1 is 1.07 bits per heavy atom. The Labute approximate surface area is 176 Å². The summed E-state index contributed by atoms with van der Waals surface area (Å²) in [5.41, 5.74) is 2.64. The number of aliphatic hydroxyl groups is 1. The lowest BCUT2D eigenvalue weighted by Crippen LogP contribution is -2.32. The molecule has 2 aromatic carbocycles. The van der Waals surface area contributed by atoms with E-state index in [9.17, 15) is 19.1 Å². The van der Waals surface area contributed by atoms with E-state index in [2.05, 4.69) is 10.6 Å². The molecular weight excluding hydrogens is 383 g/mol. The van der Waals surface area contributed by atoms with E-state index in [1.807, 2.05) is 20.8 Å². The predicted octanol–water partition coefficient (Wildman–Crippen LogP) is 3.96. The summed E-state index contributed by atoms with van der Waals surface area (Å²) >= 11 is 0. The van der Waals surface area contributed by atoms with Gasteiger partial charge in [-0.2, -0.15) is 0 Å². The maximum Gasteiger partial charge on any atom is 0.251 e. The van der Waals surface area contributed by atoms with Crippen LogP contribution in [0.2, 0.25) is 0 Å². The molecule has 0 radical (unpaired) electrons. The first kappa shape index (κ1) is 22.0. The van der Waals surface area contributed by atoms with Crippen molar-refractivity contribution >= 4 is 11.8 Å². The van der Waals surface area contributed by atoms with Gasteiger partial charge in [0.2, 0.25) is 0 Å². The summed E-state index contributed by atoms with van der Waals surface area (Å²) in [6.45, 7) is 7.93. The lowest BCUT2D eigenvalue weighted by Gasteiger charge is -2.19. The minimum atomic E-state index is -0.482. The van der Waals surface area contributed by atoms with E-state index >= 15 is 0 Å². The Bertz CT molecular complexity index is 975.